The number of rotatable bonds is 43. The fraction of sp³-hybridized carbons (Fsp3) is 0.589. The van der Waals surface area contributed by atoms with Gasteiger partial charge in [0.1, 0.15) is 0 Å². The van der Waals surface area contributed by atoms with Crippen molar-refractivity contribution in [3.05, 3.63) is 99.5 Å². The highest BCUT2D eigenvalue weighted by molar-refractivity contribution is 7.90. The zero-order valence-corrected chi connectivity index (χ0v) is 48.3. The van der Waals surface area contributed by atoms with Crippen molar-refractivity contribution in [3.63, 3.8) is 0 Å². The van der Waals surface area contributed by atoms with E-state index in [-0.39, 0.29) is 49.7 Å². The number of anilines is 1. The van der Waals surface area contributed by atoms with Gasteiger partial charge in [-0.3, -0.25) is 9.59 Å². The summed E-state index contributed by atoms with van der Waals surface area (Å²) >= 11 is 12.5. The highest BCUT2D eigenvalue weighted by Crippen LogP contribution is 2.38. The van der Waals surface area contributed by atoms with Crippen molar-refractivity contribution in [1.82, 2.24) is 19.9 Å². The lowest BCUT2D eigenvalue weighted by atomic mass is 9.84. The third-order valence-electron chi connectivity index (χ3n) is 12.6. The lowest BCUT2D eigenvalue weighted by molar-refractivity contribution is -0.122. The normalized spacial score (nSPS) is 13.5. The SMILES string of the molecule is CNC(=O)CCOCCOCCOCCOCCOCCOCCOCCOCCOCCNC(=O)CCCCCOc1cc(NC2CCN(S(=O)(=O)C(F)(F)F)CC2)c2cc(C(c3ccc(Cl)cc3)c3ccc(Cl)cc3)ccc2n1. The maximum Gasteiger partial charge on any atom is 0.511 e. The number of carbonyl (C=O) groups excluding carboxylic acids is 2. The Labute approximate surface area is 483 Å². The van der Waals surface area contributed by atoms with Crippen LogP contribution in [0, 0.1) is 0 Å². The highest BCUT2D eigenvalue weighted by atomic mass is 35.5. The first-order valence-electron chi connectivity index (χ1n) is 27.3. The summed E-state index contributed by atoms with van der Waals surface area (Å²) in [7, 11) is -3.85. The average Bonchev–Trinajstić information content (AvgIpc) is 3.65. The molecule has 0 radical (unpaired) electrons. The van der Waals surface area contributed by atoms with Crippen LogP contribution in [-0.2, 0) is 62.2 Å². The number of fused-ring (bicyclic) bond motifs is 1. The fourth-order valence-corrected chi connectivity index (χ4v) is 9.57. The van der Waals surface area contributed by atoms with Gasteiger partial charge in [0.15, 0.2) is 0 Å². The molecule has 2 amide bonds. The number of alkyl halides is 3. The van der Waals surface area contributed by atoms with Crippen molar-refractivity contribution in [2.24, 2.45) is 0 Å². The molecule has 1 aliphatic heterocycles. The van der Waals surface area contributed by atoms with Crippen LogP contribution >= 0.6 is 23.2 Å². The molecule has 1 fully saturated rings. The molecule has 1 aliphatic rings. The summed E-state index contributed by atoms with van der Waals surface area (Å²) in [6.07, 6.45) is 3.00. The smallest absolute Gasteiger partial charge is 0.478 e. The molecule has 3 N–H and O–H groups in total. The van der Waals surface area contributed by atoms with Crippen LogP contribution in [0.25, 0.3) is 10.9 Å². The minimum Gasteiger partial charge on any atom is -0.478 e. The second kappa shape index (κ2) is 38.4. The van der Waals surface area contributed by atoms with E-state index in [2.05, 4.69) is 16.0 Å². The summed E-state index contributed by atoms with van der Waals surface area (Å²) in [6, 6.07) is 22.5. The lowest BCUT2D eigenvalue weighted by Crippen LogP contribution is -2.47. The summed E-state index contributed by atoms with van der Waals surface area (Å²) in [5.74, 6) is -0.0115. The molecular formula is C56H78Cl2F3N5O14S. The van der Waals surface area contributed by atoms with Gasteiger partial charge in [-0.2, -0.15) is 17.5 Å². The number of unbranched alkanes of at least 4 members (excludes halogenated alkanes) is 2. The quantitative estimate of drug-likeness (QED) is 0.0285. The standard InChI is InChI=1S/C56H78Cl2F3N5O14S/c1-62-52(67)18-23-71-25-27-73-29-31-75-33-35-77-37-39-79-40-38-78-36-34-76-32-30-74-28-26-72-24-19-63-53(68)5-3-2-4-22-80-54-42-51(64-48-16-20-66(21-17-48)81(69,70)56(59,60)61)49-41-45(10-15-50(49)65-54)55(43-6-11-46(57)12-7-43)44-8-13-47(58)14-9-44/h6-15,41-42,48,55H,2-5,16-40H2,1H3,(H,62,67)(H,63,68)(H,64,65). The van der Waals surface area contributed by atoms with E-state index < -0.39 is 15.5 Å². The molecule has 0 unspecified atom stereocenters. The Morgan fingerprint density at radius 2 is 1.05 bits per heavy atom. The van der Waals surface area contributed by atoms with Crippen LogP contribution in [0.1, 0.15) is 67.6 Å². The number of ether oxygens (including phenoxy) is 10. The predicted octanol–water partition coefficient (Wildman–Crippen LogP) is 7.79. The van der Waals surface area contributed by atoms with E-state index in [1.54, 1.807) is 13.1 Å². The number of benzene rings is 3. The van der Waals surface area contributed by atoms with E-state index >= 15 is 0 Å². The Morgan fingerprint density at radius 1 is 0.593 bits per heavy atom. The zero-order valence-electron chi connectivity index (χ0n) is 46.0. The van der Waals surface area contributed by atoms with E-state index in [1.807, 2.05) is 66.7 Å². The van der Waals surface area contributed by atoms with Gasteiger partial charge in [-0.15, -0.1) is 0 Å². The number of halogens is 5. The fourth-order valence-electron chi connectivity index (χ4n) is 8.33. The first kappa shape index (κ1) is 67.3. The number of hydrogen-bond acceptors (Lipinski definition) is 16. The Morgan fingerprint density at radius 3 is 1.52 bits per heavy atom. The van der Waals surface area contributed by atoms with E-state index in [0.717, 1.165) is 28.5 Å². The number of hydrogen-bond donors (Lipinski definition) is 3. The van der Waals surface area contributed by atoms with Crippen LogP contribution in [-0.4, -0.2) is 193 Å². The average molecular weight is 1210 g/mol. The van der Waals surface area contributed by atoms with E-state index in [4.69, 9.17) is 75.6 Å². The molecule has 0 bridgehead atoms. The van der Waals surface area contributed by atoms with Crippen molar-refractivity contribution in [3.8, 4) is 5.88 Å². The maximum atomic E-state index is 13.4. The van der Waals surface area contributed by atoms with Crippen molar-refractivity contribution in [2.45, 2.75) is 62.4 Å². The van der Waals surface area contributed by atoms with Crippen LogP contribution in [0.2, 0.25) is 10.0 Å². The molecule has 452 valence electrons. The van der Waals surface area contributed by atoms with Crippen LogP contribution in [0.3, 0.4) is 0 Å². The first-order valence-corrected chi connectivity index (χ1v) is 29.5. The number of nitrogens with zero attached hydrogens (tertiary/aromatic N) is 2. The van der Waals surface area contributed by atoms with Gasteiger partial charge in [0.05, 0.1) is 131 Å². The number of pyridine rings is 1. The molecule has 0 spiro atoms. The number of carbonyl (C=O) groups is 2. The molecule has 1 saturated heterocycles. The van der Waals surface area contributed by atoms with Crippen LogP contribution in [0.4, 0.5) is 18.9 Å². The first-order chi connectivity index (χ1) is 39.2. The Hall–Kier alpha value is -4.47. The summed E-state index contributed by atoms with van der Waals surface area (Å²) in [6.45, 7) is 7.85. The maximum absolute atomic E-state index is 13.4. The molecule has 0 saturated carbocycles. The number of aromatic nitrogens is 1. The third-order valence-corrected chi connectivity index (χ3v) is 14.7. The zero-order chi connectivity index (χ0) is 58.0. The summed E-state index contributed by atoms with van der Waals surface area (Å²) in [5.41, 5.74) is -1.21. The molecule has 81 heavy (non-hydrogen) atoms. The van der Waals surface area contributed by atoms with Crippen LogP contribution < -0.4 is 20.7 Å². The molecule has 25 heteroatoms. The second-order valence-electron chi connectivity index (χ2n) is 18.5. The third kappa shape index (κ3) is 25.9. The molecule has 5 rings (SSSR count). The largest absolute Gasteiger partial charge is 0.511 e. The van der Waals surface area contributed by atoms with Gasteiger partial charge in [-0.25, -0.2) is 13.4 Å². The highest BCUT2D eigenvalue weighted by Gasteiger charge is 2.50. The van der Waals surface area contributed by atoms with Crippen molar-refractivity contribution < 1.29 is 78.5 Å². The van der Waals surface area contributed by atoms with Gasteiger partial charge in [-0.1, -0.05) is 53.5 Å². The van der Waals surface area contributed by atoms with Gasteiger partial charge in [0.2, 0.25) is 17.7 Å². The molecule has 0 aliphatic carbocycles. The van der Waals surface area contributed by atoms with Gasteiger partial charge < -0.3 is 63.3 Å². The van der Waals surface area contributed by atoms with Crippen molar-refractivity contribution >= 4 is 61.6 Å². The van der Waals surface area contributed by atoms with Crippen LogP contribution in [0.5, 0.6) is 5.88 Å². The number of piperidine rings is 1. The molecule has 3 aromatic carbocycles. The topological polar surface area (TPSA) is 213 Å². The molecule has 2 heterocycles. The molecule has 0 atom stereocenters. The Bertz CT molecular complexity index is 2470. The van der Waals surface area contributed by atoms with Gasteiger partial charge >= 0.3 is 15.5 Å². The summed E-state index contributed by atoms with van der Waals surface area (Å²) in [4.78, 5) is 28.4. The molecule has 4 aromatic rings. The second-order valence-corrected chi connectivity index (χ2v) is 21.3. The predicted molar refractivity (Wildman–Crippen MR) is 302 cm³/mol. The molecular weight excluding hydrogens is 1130 g/mol. The Kier molecular flexibility index (Phi) is 31.9. The number of sulfonamides is 1. The van der Waals surface area contributed by atoms with E-state index in [9.17, 15) is 31.2 Å². The lowest BCUT2D eigenvalue weighted by Gasteiger charge is -2.32. The van der Waals surface area contributed by atoms with Gasteiger partial charge in [-0.05, 0) is 85.2 Å². The van der Waals surface area contributed by atoms with Gasteiger partial charge in [0.25, 0.3) is 0 Å². The Balaban J connectivity index is 0.890. The van der Waals surface area contributed by atoms with E-state index in [1.165, 1.54) is 0 Å². The number of amides is 2. The van der Waals surface area contributed by atoms with Crippen molar-refractivity contribution in [2.75, 3.05) is 158 Å². The molecule has 19 nitrogen and oxygen atoms in total. The minimum atomic E-state index is -5.44. The van der Waals surface area contributed by atoms with Crippen molar-refractivity contribution in [1.29, 1.82) is 0 Å². The summed E-state index contributed by atoms with van der Waals surface area (Å²) in [5, 5.41) is 10.8. The monoisotopic (exact) mass is 1200 g/mol. The minimum absolute atomic E-state index is 0.0539. The van der Waals surface area contributed by atoms with E-state index in [0.29, 0.717) is 189 Å². The summed E-state index contributed by atoms with van der Waals surface area (Å²) < 4.78 is 120. The van der Waals surface area contributed by atoms with Gasteiger partial charge in [0, 0.05) is 78.7 Å². The number of nitrogens with one attached hydrogen (secondary N) is 3. The van der Waals surface area contributed by atoms with Crippen LogP contribution in [0.15, 0.2) is 72.8 Å². The molecule has 1 aromatic heterocycles.